The number of esters is 1. The summed E-state index contributed by atoms with van der Waals surface area (Å²) in [7, 11) is 0. The molecule has 33 heavy (non-hydrogen) atoms. The molecule has 2 amide bonds. The van der Waals surface area contributed by atoms with E-state index in [4.69, 9.17) is 28.6 Å². The maximum absolute atomic E-state index is 12.5. The molecule has 7 nitrogen and oxygen atoms in total. The number of halogens is 1. The van der Waals surface area contributed by atoms with Gasteiger partial charge in [-0.1, -0.05) is 63.5 Å². The van der Waals surface area contributed by atoms with Gasteiger partial charge in [0.1, 0.15) is 6.04 Å². The SMILES string of the molecule is CCCCCCCCCCOC(=O)CC1C(=O)NCCN1C(=S)NC(=O)c1ccc(Cl)cc1. The highest BCUT2D eigenvalue weighted by Crippen LogP contribution is 2.13. The Morgan fingerprint density at radius 2 is 1.76 bits per heavy atom. The van der Waals surface area contributed by atoms with Crippen molar-refractivity contribution in [1.82, 2.24) is 15.5 Å². The third-order valence-corrected chi connectivity index (χ3v) is 6.13. The second kappa shape index (κ2) is 14.9. The van der Waals surface area contributed by atoms with E-state index < -0.39 is 17.9 Å². The Labute approximate surface area is 206 Å². The molecule has 0 saturated carbocycles. The van der Waals surface area contributed by atoms with Crippen LogP contribution in [0.4, 0.5) is 0 Å². The van der Waals surface area contributed by atoms with Crippen molar-refractivity contribution in [2.24, 2.45) is 0 Å². The molecule has 1 aliphatic rings. The molecule has 2 N–H and O–H groups in total. The lowest BCUT2D eigenvalue weighted by molar-refractivity contribution is -0.147. The molecule has 0 spiro atoms. The lowest BCUT2D eigenvalue weighted by Crippen LogP contribution is -2.60. The number of carbonyl (C=O) groups is 3. The summed E-state index contributed by atoms with van der Waals surface area (Å²) in [5.41, 5.74) is 0.393. The van der Waals surface area contributed by atoms with Gasteiger partial charge in [0.15, 0.2) is 5.11 Å². The van der Waals surface area contributed by atoms with E-state index in [9.17, 15) is 14.4 Å². The fraction of sp³-hybridized carbons (Fsp3) is 0.583. The van der Waals surface area contributed by atoms with Gasteiger partial charge in [-0.25, -0.2) is 0 Å². The van der Waals surface area contributed by atoms with Gasteiger partial charge in [-0.3, -0.25) is 19.7 Å². The predicted molar refractivity (Wildman–Crippen MR) is 133 cm³/mol. The summed E-state index contributed by atoms with van der Waals surface area (Å²) in [6.07, 6.45) is 9.14. The van der Waals surface area contributed by atoms with E-state index in [0.717, 1.165) is 19.3 Å². The van der Waals surface area contributed by atoms with Crippen LogP contribution in [0.2, 0.25) is 5.02 Å². The Kier molecular flexibility index (Phi) is 12.2. The number of rotatable bonds is 12. The first-order valence-electron chi connectivity index (χ1n) is 11.7. The third kappa shape index (κ3) is 9.68. The van der Waals surface area contributed by atoms with Gasteiger partial charge in [-0.2, -0.15) is 0 Å². The predicted octanol–water partition coefficient (Wildman–Crippen LogP) is 4.23. The second-order valence-corrected chi connectivity index (χ2v) is 8.99. The summed E-state index contributed by atoms with van der Waals surface area (Å²) in [5.74, 6) is -1.16. The average Bonchev–Trinajstić information content (AvgIpc) is 2.79. The summed E-state index contributed by atoms with van der Waals surface area (Å²) in [6.45, 7) is 3.32. The number of unbranched alkanes of at least 4 members (excludes halogenated alkanes) is 7. The quantitative estimate of drug-likeness (QED) is 0.256. The molecule has 182 valence electrons. The molecule has 1 fully saturated rings. The smallest absolute Gasteiger partial charge is 0.308 e. The lowest BCUT2D eigenvalue weighted by atomic mass is 10.1. The molecule has 0 aromatic heterocycles. The van der Waals surface area contributed by atoms with Crippen LogP contribution in [0.5, 0.6) is 0 Å². The van der Waals surface area contributed by atoms with Crippen LogP contribution in [0, 0.1) is 0 Å². The normalized spacial score (nSPS) is 15.6. The van der Waals surface area contributed by atoms with Crippen molar-refractivity contribution in [1.29, 1.82) is 0 Å². The zero-order chi connectivity index (χ0) is 24.1. The largest absolute Gasteiger partial charge is 0.466 e. The van der Waals surface area contributed by atoms with E-state index in [2.05, 4.69) is 17.6 Å². The Bertz CT molecular complexity index is 803. The van der Waals surface area contributed by atoms with Crippen molar-refractivity contribution >= 4 is 46.7 Å². The van der Waals surface area contributed by atoms with Crippen molar-refractivity contribution in [3.8, 4) is 0 Å². The number of benzene rings is 1. The lowest BCUT2D eigenvalue weighted by Gasteiger charge is -2.36. The molecular formula is C24H34ClN3O4S. The minimum absolute atomic E-state index is 0.102. The number of hydrogen-bond acceptors (Lipinski definition) is 5. The van der Waals surface area contributed by atoms with Gasteiger partial charge < -0.3 is 15.0 Å². The van der Waals surface area contributed by atoms with Crippen molar-refractivity contribution in [2.75, 3.05) is 19.7 Å². The molecule has 1 saturated heterocycles. The standard InChI is InChI=1S/C24H34ClN3O4S/c1-2-3-4-5-6-7-8-9-16-32-21(29)17-20-23(31)26-14-15-28(20)24(33)27-22(30)18-10-12-19(25)13-11-18/h10-13,20H,2-9,14-17H2,1H3,(H,26,31)(H,27,30,33). The van der Waals surface area contributed by atoms with Gasteiger partial charge in [0.25, 0.3) is 5.91 Å². The van der Waals surface area contributed by atoms with Crippen LogP contribution in [-0.2, 0) is 14.3 Å². The Hall–Kier alpha value is -2.19. The first-order chi connectivity index (χ1) is 15.9. The van der Waals surface area contributed by atoms with Crippen LogP contribution in [0.3, 0.4) is 0 Å². The molecule has 9 heteroatoms. The van der Waals surface area contributed by atoms with Crippen molar-refractivity contribution < 1.29 is 19.1 Å². The number of nitrogens with zero attached hydrogens (tertiary/aromatic N) is 1. The van der Waals surface area contributed by atoms with Gasteiger partial charge in [0, 0.05) is 23.7 Å². The van der Waals surface area contributed by atoms with Gasteiger partial charge in [0.05, 0.1) is 13.0 Å². The van der Waals surface area contributed by atoms with Crippen molar-refractivity contribution in [3.05, 3.63) is 34.9 Å². The fourth-order valence-corrected chi connectivity index (χ4v) is 4.08. The first-order valence-corrected chi connectivity index (χ1v) is 12.5. The molecule has 1 unspecified atom stereocenters. The number of amides is 2. The highest BCUT2D eigenvalue weighted by Gasteiger charge is 2.34. The van der Waals surface area contributed by atoms with Crippen LogP contribution in [-0.4, -0.2) is 53.5 Å². The van der Waals surface area contributed by atoms with Gasteiger partial charge in [-0.15, -0.1) is 0 Å². The molecule has 1 heterocycles. The van der Waals surface area contributed by atoms with Crippen LogP contribution in [0.15, 0.2) is 24.3 Å². The third-order valence-electron chi connectivity index (χ3n) is 5.54. The van der Waals surface area contributed by atoms with E-state index in [-0.39, 0.29) is 17.4 Å². The Balaban J connectivity index is 1.77. The summed E-state index contributed by atoms with van der Waals surface area (Å²) in [4.78, 5) is 38.8. The maximum atomic E-state index is 12.5. The molecule has 1 aliphatic heterocycles. The van der Waals surface area contributed by atoms with Crippen LogP contribution < -0.4 is 10.6 Å². The number of piperazine rings is 1. The molecule has 1 aromatic rings. The number of carbonyl (C=O) groups excluding carboxylic acids is 3. The maximum Gasteiger partial charge on any atom is 0.308 e. The van der Waals surface area contributed by atoms with Crippen LogP contribution in [0.25, 0.3) is 0 Å². The molecule has 1 aromatic carbocycles. The molecule has 1 atom stereocenters. The summed E-state index contributed by atoms with van der Waals surface area (Å²) in [6, 6.07) is 5.58. The Morgan fingerprint density at radius 1 is 1.12 bits per heavy atom. The average molecular weight is 496 g/mol. The minimum atomic E-state index is -0.817. The Morgan fingerprint density at radius 3 is 2.42 bits per heavy atom. The topological polar surface area (TPSA) is 87.7 Å². The van der Waals surface area contributed by atoms with Crippen molar-refractivity contribution in [3.63, 3.8) is 0 Å². The zero-order valence-electron chi connectivity index (χ0n) is 19.2. The van der Waals surface area contributed by atoms with E-state index in [0.29, 0.717) is 30.3 Å². The summed E-state index contributed by atoms with van der Waals surface area (Å²) < 4.78 is 5.34. The van der Waals surface area contributed by atoms with Gasteiger partial charge >= 0.3 is 5.97 Å². The van der Waals surface area contributed by atoms with E-state index in [1.807, 2.05) is 0 Å². The second-order valence-electron chi connectivity index (χ2n) is 8.17. The van der Waals surface area contributed by atoms with Crippen LogP contribution >= 0.6 is 23.8 Å². The monoisotopic (exact) mass is 495 g/mol. The number of ether oxygens (including phenoxy) is 1. The van der Waals surface area contributed by atoms with E-state index >= 15 is 0 Å². The van der Waals surface area contributed by atoms with Gasteiger partial charge in [0.2, 0.25) is 5.91 Å². The summed E-state index contributed by atoms with van der Waals surface area (Å²) >= 11 is 11.2. The minimum Gasteiger partial charge on any atom is -0.466 e. The molecule has 2 rings (SSSR count). The van der Waals surface area contributed by atoms with E-state index in [1.54, 1.807) is 29.2 Å². The fourth-order valence-electron chi connectivity index (χ4n) is 3.64. The number of hydrogen-bond donors (Lipinski definition) is 2. The number of thiocarbonyl (C=S) groups is 1. The highest BCUT2D eigenvalue weighted by molar-refractivity contribution is 7.80. The van der Waals surface area contributed by atoms with E-state index in [1.165, 1.54) is 32.1 Å². The van der Waals surface area contributed by atoms with Crippen LogP contribution in [0.1, 0.15) is 75.1 Å². The molecular weight excluding hydrogens is 462 g/mol. The summed E-state index contributed by atoms with van der Waals surface area (Å²) in [5, 5.41) is 6.00. The zero-order valence-corrected chi connectivity index (χ0v) is 20.8. The molecule has 0 aliphatic carbocycles. The highest BCUT2D eigenvalue weighted by atomic mass is 35.5. The van der Waals surface area contributed by atoms with Crippen molar-refractivity contribution in [2.45, 2.75) is 70.8 Å². The molecule has 0 bridgehead atoms. The molecule has 0 radical (unpaired) electrons. The van der Waals surface area contributed by atoms with Gasteiger partial charge in [-0.05, 0) is 42.9 Å². The number of nitrogens with one attached hydrogen (secondary N) is 2. The first kappa shape index (κ1) is 27.1.